The third kappa shape index (κ3) is 5.36. The molecule has 0 saturated heterocycles. The fraction of sp³-hybridized carbons (Fsp3) is 0.350. The summed E-state index contributed by atoms with van der Waals surface area (Å²) in [6.07, 6.45) is 0.971. The molecule has 0 fully saturated rings. The highest BCUT2D eigenvalue weighted by Gasteiger charge is 2.12. The number of ether oxygens (including phenoxy) is 2. The summed E-state index contributed by atoms with van der Waals surface area (Å²) in [4.78, 5) is 23.4. The molecule has 0 spiro atoms. The summed E-state index contributed by atoms with van der Waals surface area (Å²) in [5, 5.41) is 4.77. The lowest BCUT2D eigenvalue weighted by atomic mass is 10.3. The molecule has 2 aromatic heterocycles. The highest BCUT2D eigenvalue weighted by atomic mass is 32.2. The van der Waals surface area contributed by atoms with Crippen molar-refractivity contribution in [2.24, 2.45) is 0 Å². The molecule has 0 aliphatic carbocycles. The van der Waals surface area contributed by atoms with Crippen molar-refractivity contribution in [2.45, 2.75) is 25.3 Å². The summed E-state index contributed by atoms with van der Waals surface area (Å²) in [5.41, 5.74) is 0. The number of hydrogen-bond donors (Lipinski definition) is 1. The average molecular weight is 418 g/mol. The second kappa shape index (κ2) is 9.75. The van der Waals surface area contributed by atoms with Gasteiger partial charge in [0.2, 0.25) is 5.91 Å². The van der Waals surface area contributed by atoms with Crippen LogP contribution in [-0.4, -0.2) is 41.9 Å². The molecule has 0 radical (unpaired) electrons. The Kier molecular flexibility index (Phi) is 7.11. The maximum Gasteiger partial charge on any atom is 0.230 e. The first-order valence-corrected chi connectivity index (χ1v) is 10.8. The Morgan fingerprint density at radius 2 is 1.96 bits per heavy atom. The minimum absolute atomic E-state index is 0.0429. The number of aryl methyl sites for hydroxylation is 2. The van der Waals surface area contributed by atoms with Crippen molar-refractivity contribution in [3.63, 3.8) is 0 Å². The number of thiophene rings is 1. The van der Waals surface area contributed by atoms with Crippen molar-refractivity contribution in [3.05, 3.63) is 41.0 Å². The summed E-state index contributed by atoms with van der Waals surface area (Å²) in [5.74, 6) is 2.52. The molecule has 148 valence electrons. The van der Waals surface area contributed by atoms with Gasteiger partial charge in [0.15, 0.2) is 0 Å². The predicted molar refractivity (Wildman–Crippen MR) is 114 cm³/mol. The van der Waals surface area contributed by atoms with E-state index in [0.29, 0.717) is 18.9 Å². The second-order valence-electron chi connectivity index (χ2n) is 6.02. The third-order valence-corrected chi connectivity index (χ3v) is 6.13. The lowest BCUT2D eigenvalue weighted by Gasteiger charge is -2.08. The fourth-order valence-electron chi connectivity index (χ4n) is 2.55. The van der Waals surface area contributed by atoms with E-state index < -0.39 is 0 Å². The van der Waals surface area contributed by atoms with Gasteiger partial charge in [-0.2, -0.15) is 0 Å². The molecule has 28 heavy (non-hydrogen) atoms. The van der Waals surface area contributed by atoms with Gasteiger partial charge in [0.1, 0.15) is 33.8 Å². The normalized spacial score (nSPS) is 10.8. The van der Waals surface area contributed by atoms with Crippen molar-refractivity contribution in [2.75, 3.05) is 26.0 Å². The van der Waals surface area contributed by atoms with Crippen LogP contribution < -0.4 is 14.8 Å². The van der Waals surface area contributed by atoms with Gasteiger partial charge in [0.05, 0.1) is 19.4 Å². The van der Waals surface area contributed by atoms with Crippen LogP contribution in [0.3, 0.4) is 0 Å². The van der Waals surface area contributed by atoms with E-state index in [2.05, 4.69) is 28.3 Å². The van der Waals surface area contributed by atoms with Gasteiger partial charge in [-0.15, -0.1) is 11.3 Å². The number of carbonyl (C=O) groups excluding carboxylic acids is 1. The number of rotatable bonds is 9. The van der Waals surface area contributed by atoms with E-state index in [4.69, 9.17) is 9.47 Å². The van der Waals surface area contributed by atoms with Gasteiger partial charge in [-0.25, -0.2) is 9.97 Å². The van der Waals surface area contributed by atoms with E-state index in [1.807, 2.05) is 31.2 Å². The summed E-state index contributed by atoms with van der Waals surface area (Å²) in [7, 11) is 1.62. The van der Waals surface area contributed by atoms with Crippen molar-refractivity contribution in [1.82, 2.24) is 15.3 Å². The Morgan fingerprint density at radius 1 is 1.21 bits per heavy atom. The van der Waals surface area contributed by atoms with Crippen LogP contribution in [0.2, 0.25) is 0 Å². The maximum atomic E-state index is 12.1. The highest BCUT2D eigenvalue weighted by Crippen LogP contribution is 2.31. The number of amides is 1. The molecular formula is C20H23N3O3S2. The molecule has 3 rings (SSSR count). The number of nitrogens with zero attached hydrogens (tertiary/aromatic N) is 2. The molecule has 0 atom stereocenters. The van der Waals surface area contributed by atoms with Crippen LogP contribution in [0.15, 0.2) is 35.4 Å². The molecule has 1 amide bonds. The molecule has 0 aliphatic rings. The molecule has 6 nitrogen and oxygen atoms in total. The van der Waals surface area contributed by atoms with E-state index in [9.17, 15) is 4.79 Å². The molecule has 0 aliphatic heterocycles. The van der Waals surface area contributed by atoms with Crippen LogP contribution >= 0.6 is 23.1 Å². The van der Waals surface area contributed by atoms with Gasteiger partial charge < -0.3 is 14.8 Å². The van der Waals surface area contributed by atoms with Crippen LogP contribution in [0.25, 0.3) is 10.2 Å². The van der Waals surface area contributed by atoms with E-state index in [1.165, 1.54) is 16.6 Å². The predicted octanol–water partition coefficient (Wildman–Crippen LogP) is 3.86. The number of nitrogens with one attached hydrogen (secondary N) is 1. The fourth-order valence-corrected chi connectivity index (χ4v) is 4.50. The molecule has 2 heterocycles. The summed E-state index contributed by atoms with van der Waals surface area (Å²) < 4.78 is 10.7. The summed E-state index contributed by atoms with van der Waals surface area (Å²) in [6, 6.07) is 9.48. The van der Waals surface area contributed by atoms with E-state index in [0.717, 1.165) is 39.0 Å². The third-order valence-electron chi connectivity index (χ3n) is 3.96. The smallest absolute Gasteiger partial charge is 0.230 e. The molecule has 0 bridgehead atoms. The minimum Gasteiger partial charge on any atom is -0.497 e. The molecule has 1 aromatic carbocycles. The Morgan fingerprint density at radius 3 is 2.68 bits per heavy atom. The van der Waals surface area contributed by atoms with Gasteiger partial charge in [0, 0.05) is 10.3 Å². The zero-order valence-electron chi connectivity index (χ0n) is 16.2. The number of thioether (sulfide) groups is 1. The van der Waals surface area contributed by atoms with Gasteiger partial charge >= 0.3 is 0 Å². The SMILES string of the molecule is CCc1cc2c(SCC(=O)NCCOc3ccc(OC)cc3)nc(C)nc2s1. The highest BCUT2D eigenvalue weighted by molar-refractivity contribution is 8.00. The zero-order chi connectivity index (χ0) is 19.9. The molecule has 8 heteroatoms. The second-order valence-corrected chi connectivity index (χ2v) is 8.10. The van der Waals surface area contributed by atoms with Crippen molar-refractivity contribution in [1.29, 1.82) is 0 Å². The molecular weight excluding hydrogens is 394 g/mol. The first kappa shape index (κ1) is 20.4. The zero-order valence-corrected chi connectivity index (χ0v) is 17.8. The minimum atomic E-state index is -0.0429. The van der Waals surface area contributed by atoms with Gasteiger partial charge in [-0.05, 0) is 43.7 Å². The first-order chi connectivity index (χ1) is 13.6. The van der Waals surface area contributed by atoms with E-state index in [1.54, 1.807) is 18.4 Å². The standard InChI is InChI=1S/C20H23N3O3S2/c1-4-16-11-17-19(22-13(2)23-20(17)28-16)27-12-18(24)21-9-10-26-15-7-5-14(25-3)6-8-15/h5-8,11H,4,9-10,12H2,1-3H3,(H,21,24). The van der Waals surface area contributed by atoms with Gasteiger partial charge in [-0.3, -0.25) is 4.79 Å². The van der Waals surface area contributed by atoms with Gasteiger partial charge in [-0.1, -0.05) is 18.7 Å². The Balaban J connectivity index is 1.46. The number of aromatic nitrogens is 2. The largest absolute Gasteiger partial charge is 0.497 e. The Bertz CT molecular complexity index is 942. The van der Waals surface area contributed by atoms with Crippen LogP contribution in [0.1, 0.15) is 17.6 Å². The summed E-state index contributed by atoms with van der Waals surface area (Å²) >= 11 is 3.13. The van der Waals surface area contributed by atoms with E-state index >= 15 is 0 Å². The maximum absolute atomic E-state index is 12.1. The number of hydrogen-bond acceptors (Lipinski definition) is 7. The van der Waals surface area contributed by atoms with Crippen LogP contribution in [0, 0.1) is 6.92 Å². The van der Waals surface area contributed by atoms with Crippen LogP contribution in [0.5, 0.6) is 11.5 Å². The first-order valence-electron chi connectivity index (χ1n) is 9.02. The van der Waals surface area contributed by atoms with Crippen LogP contribution in [0.4, 0.5) is 0 Å². The Hall–Kier alpha value is -2.32. The van der Waals surface area contributed by atoms with Crippen LogP contribution in [-0.2, 0) is 11.2 Å². The molecule has 1 N–H and O–H groups in total. The number of fused-ring (bicyclic) bond motifs is 1. The quantitative estimate of drug-likeness (QED) is 0.324. The van der Waals surface area contributed by atoms with Crippen molar-refractivity contribution in [3.8, 4) is 11.5 Å². The molecule has 0 unspecified atom stereocenters. The summed E-state index contributed by atoms with van der Waals surface area (Å²) in [6.45, 7) is 4.86. The van der Waals surface area contributed by atoms with Crippen molar-refractivity contribution < 1.29 is 14.3 Å². The molecule has 3 aromatic rings. The Labute approximate surface area is 172 Å². The lowest BCUT2D eigenvalue weighted by Crippen LogP contribution is -2.29. The molecule has 0 saturated carbocycles. The number of benzene rings is 1. The van der Waals surface area contributed by atoms with Crippen molar-refractivity contribution >= 4 is 39.2 Å². The lowest BCUT2D eigenvalue weighted by molar-refractivity contribution is -0.118. The number of carbonyl (C=O) groups is 1. The monoisotopic (exact) mass is 417 g/mol. The number of methoxy groups -OCH3 is 1. The average Bonchev–Trinajstić information content (AvgIpc) is 3.13. The topological polar surface area (TPSA) is 73.3 Å². The van der Waals surface area contributed by atoms with Gasteiger partial charge in [0.25, 0.3) is 0 Å². The van der Waals surface area contributed by atoms with E-state index in [-0.39, 0.29) is 5.91 Å².